The number of rotatable bonds is 3. The van der Waals surface area contributed by atoms with Crippen LogP contribution >= 0.6 is 15.9 Å². The first-order valence-electron chi connectivity index (χ1n) is 5.34. The van der Waals surface area contributed by atoms with Crippen molar-refractivity contribution >= 4 is 27.5 Å². The summed E-state index contributed by atoms with van der Waals surface area (Å²) < 4.78 is 14.1. The molecule has 2 nitrogen and oxygen atoms in total. The van der Waals surface area contributed by atoms with E-state index in [9.17, 15) is 9.18 Å². The zero-order valence-corrected chi connectivity index (χ0v) is 10.6. The van der Waals surface area contributed by atoms with Crippen LogP contribution in [0, 0.1) is 17.7 Å². The molecule has 1 aliphatic carbocycles. The number of carbonyl (C=O) groups is 1. The molecule has 1 aromatic rings. The van der Waals surface area contributed by atoms with Crippen LogP contribution in [-0.2, 0) is 4.79 Å². The third-order valence-corrected chi connectivity index (χ3v) is 3.42. The lowest BCUT2D eigenvalue weighted by Crippen LogP contribution is -2.22. The van der Waals surface area contributed by atoms with Crippen LogP contribution in [0.15, 0.2) is 22.7 Å². The Morgan fingerprint density at radius 3 is 2.81 bits per heavy atom. The van der Waals surface area contributed by atoms with Crippen LogP contribution in [0.1, 0.15) is 19.8 Å². The monoisotopic (exact) mass is 285 g/mol. The summed E-state index contributed by atoms with van der Waals surface area (Å²) in [4.78, 5) is 11.7. The van der Waals surface area contributed by atoms with Crippen LogP contribution in [0.4, 0.5) is 10.1 Å². The summed E-state index contributed by atoms with van der Waals surface area (Å²) in [5.74, 6) is -0.0454. The van der Waals surface area contributed by atoms with Crippen LogP contribution in [0.25, 0.3) is 0 Å². The molecule has 1 atom stereocenters. The van der Waals surface area contributed by atoms with Gasteiger partial charge in [-0.3, -0.25) is 4.79 Å². The van der Waals surface area contributed by atoms with E-state index in [-0.39, 0.29) is 17.5 Å². The van der Waals surface area contributed by atoms with E-state index in [1.54, 1.807) is 12.1 Å². The Hall–Kier alpha value is -0.900. The average Bonchev–Trinajstić information content (AvgIpc) is 3.04. The molecule has 4 heteroatoms. The molecule has 0 bridgehead atoms. The minimum absolute atomic E-state index is 0.0250. The van der Waals surface area contributed by atoms with Gasteiger partial charge in [0.25, 0.3) is 0 Å². The molecule has 0 radical (unpaired) electrons. The summed E-state index contributed by atoms with van der Waals surface area (Å²) in [7, 11) is 0. The highest BCUT2D eigenvalue weighted by molar-refractivity contribution is 9.10. The normalized spacial score (nSPS) is 16.9. The minimum atomic E-state index is -0.411. The van der Waals surface area contributed by atoms with Crippen molar-refractivity contribution in [1.29, 1.82) is 0 Å². The fourth-order valence-electron chi connectivity index (χ4n) is 1.65. The van der Waals surface area contributed by atoms with E-state index in [1.807, 2.05) is 6.92 Å². The lowest BCUT2D eigenvalue weighted by Gasteiger charge is -2.11. The molecule has 2 rings (SSSR count). The molecule has 1 unspecified atom stereocenters. The van der Waals surface area contributed by atoms with Gasteiger partial charge in [0.1, 0.15) is 5.82 Å². The predicted molar refractivity (Wildman–Crippen MR) is 64.6 cm³/mol. The fourth-order valence-corrected chi connectivity index (χ4v) is 1.98. The SMILES string of the molecule is CC(C(=O)Nc1ccc(Br)cc1F)C1CC1. The highest BCUT2D eigenvalue weighted by Crippen LogP contribution is 2.37. The zero-order chi connectivity index (χ0) is 11.7. The van der Waals surface area contributed by atoms with Crippen LogP contribution in [0.2, 0.25) is 0 Å². The number of nitrogens with one attached hydrogen (secondary N) is 1. The van der Waals surface area contributed by atoms with E-state index in [4.69, 9.17) is 0 Å². The molecule has 86 valence electrons. The maximum atomic E-state index is 13.4. The first kappa shape index (κ1) is 11.6. The molecule has 1 saturated carbocycles. The van der Waals surface area contributed by atoms with Gasteiger partial charge < -0.3 is 5.32 Å². The van der Waals surface area contributed by atoms with Crippen molar-refractivity contribution < 1.29 is 9.18 Å². The first-order chi connectivity index (χ1) is 7.58. The molecule has 0 heterocycles. The van der Waals surface area contributed by atoms with Gasteiger partial charge in [-0.05, 0) is 37.0 Å². The smallest absolute Gasteiger partial charge is 0.227 e. The van der Waals surface area contributed by atoms with Crippen LogP contribution in [0.5, 0.6) is 0 Å². The van der Waals surface area contributed by atoms with Gasteiger partial charge in [-0.2, -0.15) is 0 Å². The molecule has 0 spiro atoms. The second-order valence-electron chi connectivity index (χ2n) is 4.24. The molecule has 0 saturated heterocycles. The Morgan fingerprint density at radius 2 is 2.25 bits per heavy atom. The van der Waals surface area contributed by atoms with E-state index < -0.39 is 5.82 Å². The molecule has 1 aromatic carbocycles. The number of benzene rings is 1. The largest absolute Gasteiger partial charge is 0.323 e. The first-order valence-corrected chi connectivity index (χ1v) is 6.13. The molecule has 1 amide bonds. The van der Waals surface area contributed by atoms with Gasteiger partial charge in [-0.1, -0.05) is 22.9 Å². The van der Waals surface area contributed by atoms with E-state index in [1.165, 1.54) is 6.07 Å². The molecule has 1 fully saturated rings. The van der Waals surface area contributed by atoms with Crippen molar-refractivity contribution in [2.45, 2.75) is 19.8 Å². The quantitative estimate of drug-likeness (QED) is 0.904. The lowest BCUT2D eigenvalue weighted by atomic mass is 10.1. The van der Waals surface area contributed by atoms with Crippen molar-refractivity contribution in [3.63, 3.8) is 0 Å². The van der Waals surface area contributed by atoms with E-state index in [0.717, 1.165) is 12.8 Å². The number of halogens is 2. The molecule has 0 aliphatic heterocycles. The number of hydrogen-bond donors (Lipinski definition) is 1. The minimum Gasteiger partial charge on any atom is -0.323 e. The van der Waals surface area contributed by atoms with Crippen molar-refractivity contribution in [3.8, 4) is 0 Å². The van der Waals surface area contributed by atoms with Gasteiger partial charge in [0.15, 0.2) is 0 Å². The lowest BCUT2D eigenvalue weighted by molar-refractivity contribution is -0.119. The van der Waals surface area contributed by atoms with Gasteiger partial charge in [-0.25, -0.2) is 4.39 Å². The highest BCUT2D eigenvalue weighted by Gasteiger charge is 2.32. The van der Waals surface area contributed by atoms with Gasteiger partial charge in [0, 0.05) is 10.4 Å². The van der Waals surface area contributed by atoms with E-state index in [0.29, 0.717) is 10.4 Å². The van der Waals surface area contributed by atoms with E-state index in [2.05, 4.69) is 21.2 Å². The van der Waals surface area contributed by atoms with Crippen LogP contribution in [0.3, 0.4) is 0 Å². The second kappa shape index (κ2) is 4.53. The standard InChI is InChI=1S/C12H13BrFNO/c1-7(8-2-3-8)12(16)15-11-5-4-9(13)6-10(11)14/h4-8H,2-3H2,1H3,(H,15,16). The van der Waals surface area contributed by atoms with Crippen molar-refractivity contribution in [1.82, 2.24) is 0 Å². The average molecular weight is 286 g/mol. The topological polar surface area (TPSA) is 29.1 Å². The molecule has 16 heavy (non-hydrogen) atoms. The van der Waals surface area contributed by atoms with Crippen LogP contribution < -0.4 is 5.32 Å². The maximum absolute atomic E-state index is 13.4. The Morgan fingerprint density at radius 1 is 1.56 bits per heavy atom. The number of amides is 1. The van der Waals surface area contributed by atoms with E-state index >= 15 is 0 Å². The second-order valence-corrected chi connectivity index (χ2v) is 5.16. The Labute approximate surface area is 102 Å². The van der Waals surface area contributed by atoms with Gasteiger partial charge in [0.05, 0.1) is 5.69 Å². The third-order valence-electron chi connectivity index (χ3n) is 2.93. The molecule has 0 aromatic heterocycles. The number of hydrogen-bond acceptors (Lipinski definition) is 1. The Kier molecular flexibility index (Phi) is 3.28. The van der Waals surface area contributed by atoms with Gasteiger partial charge >= 0.3 is 0 Å². The maximum Gasteiger partial charge on any atom is 0.227 e. The van der Waals surface area contributed by atoms with Crippen molar-refractivity contribution in [3.05, 3.63) is 28.5 Å². The fraction of sp³-hybridized carbons (Fsp3) is 0.417. The zero-order valence-electron chi connectivity index (χ0n) is 8.97. The molecule has 1 N–H and O–H groups in total. The molecular formula is C12H13BrFNO. The summed E-state index contributed by atoms with van der Waals surface area (Å²) in [5.41, 5.74) is 0.251. The summed E-state index contributed by atoms with van der Waals surface area (Å²) in [6.45, 7) is 1.89. The number of carbonyl (C=O) groups excluding carboxylic acids is 1. The third kappa shape index (κ3) is 2.61. The van der Waals surface area contributed by atoms with Gasteiger partial charge in [-0.15, -0.1) is 0 Å². The Bertz CT molecular complexity index is 417. The number of anilines is 1. The Balaban J connectivity index is 2.05. The molecule has 1 aliphatic rings. The van der Waals surface area contributed by atoms with Crippen molar-refractivity contribution in [2.24, 2.45) is 11.8 Å². The molecular weight excluding hydrogens is 273 g/mol. The van der Waals surface area contributed by atoms with Crippen LogP contribution in [-0.4, -0.2) is 5.91 Å². The summed E-state index contributed by atoms with van der Waals surface area (Å²) in [6, 6.07) is 4.62. The van der Waals surface area contributed by atoms with Crippen molar-refractivity contribution in [2.75, 3.05) is 5.32 Å². The van der Waals surface area contributed by atoms with Gasteiger partial charge in [0.2, 0.25) is 5.91 Å². The predicted octanol–water partition coefficient (Wildman–Crippen LogP) is 3.57. The summed E-state index contributed by atoms with van der Waals surface area (Å²) in [6.07, 6.45) is 2.22. The highest BCUT2D eigenvalue weighted by atomic mass is 79.9. The summed E-state index contributed by atoms with van der Waals surface area (Å²) >= 11 is 3.17. The summed E-state index contributed by atoms with van der Waals surface area (Å²) in [5, 5.41) is 2.62.